The molecule has 0 saturated carbocycles. The molecular weight excluding hydrogens is 346 g/mol. The molecule has 0 heterocycles. The van der Waals surface area contributed by atoms with Crippen LogP contribution in [-0.4, -0.2) is 12.5 Å². The van der Waals surface area contributed by atoms with Crippen LogP contribution < -0.4 is 10.1 Å². The van der Waals surface area contributed by atoms with Gasteiger partial charge in [0.15, 0.2) is 6.61 Å². The Bertz CT molecular complexity index is 924. The van der Waals surface area contributed by atoms with Gasteiger partial charge < -0.3 is 10.1 Å². The maximum atomic E-state index is 12.2. The van der Waals surface area contributed by atoms with Crippen LogP contribution in [0.15, 0.2) is 72.8 Å². The molecule has 0 spiro atoms. The number of amides is 1. The monoisotopic (exact) mass is 373 g/mol. The zero-order valence-electron chi connectivity index (χ0n) is 17.0. The zero-order chi connectivity index (χ0) is 20.1. The highest BCUT2D eigenvalue weighted by Crippen LogP contribution is 2.32. The average molecular weight is 373 g/mol. The second-order valence-electron chi connectivity index (χ2n) is 7.73. The Kier molecular flexibility index (Phi) is 5.84. The summed E-state index contributed by atoms with van der Waals surface area (Å²) in [5.41, 5.74) is 5.40. The first-order chi connectivity index (χ1) is 13.3. The molecule has 0 saturated heterocycles. The van der Waals surface area contributed by atoms with E-state index < -0.39 is 0 Å². The molecule has 0 fully saturated rings. The second kappa shape index (κ2) is 8.30. The predicted molar refractivity (Wildman–Crippen MR) is 115 cm³/mol. The van der Waals surface area contributed by atoms with E-state index in [-0.39, 0.29) is 17.9 Å². The molecule has 3 nitrogen and oxygen atoms in total. The molecule has 28 heavy (non-hydrogen) atoms. The molecule has 0 aliphatic carbocycles. The van der Waals surface area contributed by atoms with Gasteiger partial charge in [0.25, 0.3) is 5.91 Å². The minimum atomic E-state index is -0.168. The number of aryl methyl sites for hydroxylation is 2. The van der Waals surface area contributed by atoms with E-state index in [1.807, 2.05) is 44.2 Å². The summed E-state index contributed by atoms with van der Waals surface area (Å²) >= 11 is 0. The fraction of sp³-hybridized carbons (Fsp3) is 0.240. The molecule has 0 atom stereocenters. The van der Waals surface area contributed by atoms with Crippen LogP contribution >= 0.6 is 0 Å². The molecule has 1 N–H and O–H groups in total. The number of hydrogen-bond donors (Lipinski definition) is 1. The van der Waals surface area contributed by atoms with Crippen LogP contribution in [0, 0.1) is 13.8 Å². The van der Waals surface area contributed by atoms with Gasteiger partial charge in [0, 0.05) is 11.1 Å². The first kappa shape index (κ1) is 19.7. The van der Waals surface area contributed by atoms with Gasteiger partial charge >= 0.3 is 0 Å². The summed E-state index contributed by atoms with van der Waals surface area (Å²) in [6.07, 6.45) is 0. The number of carbonyl (C=O) groups excluding carboxylic acids is 1. The van der Waals surface area contributed by atoms with Gasteiger partial charge in [-0.25, -0.2) is 0 Å². The summed E-state index contributed by atoms with van der Waals surface area (Å²) in [5.74, 6) is 0.516. The van der Waals surface area contributed by atoms with Crippen molar-refractivity contribution in [1.29, 1.82) is 0 Å². The van der Waals surface area contributed by atoms with E-state index in [4.69, 9.17) is 4.74 Å². The number of benzene rings is 3. The van der Waals surface area contributed by atoms with Crippen molar-refractivity contribution in [3.8, 4) is 5.75 Å². The Hall–Kier alpha value is -3.07. The third kappa shape index (κ3) is 4.80. The van der Waals surface area contributed by atoms with Crippen molar-refractivity contribution >= 4 is 11.6 Å². The molecule has 1 amide bonds. The Morgan fingerprint density at radius 2 is 1.43 bits per heavy atom. The zero-order valence-corrected chi connectivity index (χ0v) is 17.0. The molecule has 3 aromatic carbocycles. The van der Waals surface area contributed by atoms with E-state index in [0.717, 1.165) is 16.8 Å². The van der Waals surface area contributed by atoms with Crippen LogP contribution in [0.25, 0.3) is 0 Å². The van der Waals surface area contributed by atoms with Crippen molar-refractivity contribution in [3.05, 3.63) is 95.1 Å². The van der Waals surface area contributed by atoms with Crippen LogP contribution in [0.2, 0.25) is 0 Å². The Morgan fingerprint density at radius 3 is 2.04 bits per heavy atom. The number of carbonyl (C=O) groups is 1. The van der Waals surface area contributed by atoms with E-state index >= 15 is 0 Å². The highest BCUT2D eigenvalue weighted by Gasteiger charge is 2.22. The number of nitrogens with one attached hydrogen (secondary N) is 1. The fourth-order valence-corrected chi connectivity index (χ4v) is 3.38. The van der Waals surface area contributed by atoms with E-state index in [2.05, 4.69) is 61.6 Å². The Balaban J connectivity index is 1.60. The second-order valence-corrected chi connectivity index (χ2v) is 7.73. The molecule has 0 bridgehead atoms. The maximum absolute atomic E-state index is 12.2. The van der Waals surface area contributed by atoms with Crippen molar-refractivity contribution in [2.45, 2.75) is 33.1 Å². The summed E-state index contributed by atoms with van der Waals surface area (Å²) in [7, 11) is 0. The molecule has 0 aliphatic heterocycles. The standard InChI is InChI=1S/C25H27NO2/c1-18-14-19(2)16-22(15-18)26-24(27)17-28-23-12-10-21(11-13-23)25(3,4)20-8-6-5-7-9-20/h5-16H,17H2,1-4H3,(H,26,27). The van der Waals surface area contributed by atoms with Gasteiger partial charge in [-0.2, -0.15) is 0 Å². The third-order valence-electron chi connectivity index (χ3n) is 4.95. The topological polar surface area (TPSA) is 38.3 Å². The van der Waals surface area contributed by atoms with Crippen molar-refractivity contribution < 1.29 is 9.53 Å². The molecule has 0 unspecified atom stereocenters. The van der Waals surface area contributed by atoms with Gasteiger partial charge in [-0.3, -0.25) is 4.79 Å². The van der Waals surface area contributed by atoms with E-state index in [1.54, 1.807) is 0 Å². The van der Waals surface area contributed by atoms with E-state index in [0.29, 0.717) is 5.75 Å². The first-order valence-corrected chi connectivity index (χ1v) is 9.51. The SMILES string of the molecule is Cc1cc(C)cc(NC(=O)COc2ccc(C(C)(C)c3ccccc3)cc2)c1. The first-order valence-electron chi connectivity index (χ1n) is 9.51. The number of hydrogen-bond acceptors (Lipinski definition) is 2. The Morgan fingerprint density at radius 1 is 0.857 bits per heavy atom. The van der Waals surface area contributed by atoms with Gasteiger partial charge in [0.05, 0.1) is 0 Å². The van der Waals surface area contributed by atoms with Gasteiger partial charge in [-0.15, -0.1) is 0 Å². The van der Waals surface area contributed by atoms with E-state index in [9.17, 15) is 4.79 Å². The van der Waals surface area contributed by atoms with Crippen LogP contribution in [0.1, 0.15) is 36.1 Å². The lowest BCUT2D eigenvalue weighted by molar-refractivity contribution is -0.118. The Labute approximate surface area is 167 Å². The lowest BCUT2D eigenvalue weighted by Gasteiger charge is -2.26. The highest BCUT2D eigenvalue weighted by molar-refractivity contribution is 5.92. The van der Waals surface area contributed by atoms with Crippen molar-refractivity contribution in [2.24, 2.45) is 0 Å². The minimum absolute atomic E-state index is 0.0194. The van der Waals surface area contributed by atoms with Crippen LogP contribution in [0.3, 0.4) is 0 Å². The number of rotatable bonds is 6. The van der Waals surface area contributed by atoms with E-state index in [1.165, 1.54) is 11.1 Å². The van der Waals surface area contributed by atoms with Gasteiger partial charge in [-0.1, -0.05) is 62.4 Å². The molecule has 0 radical (unpaired) electrons. The number of anilines is 1. The largest absolute Gasteiger partial charge is 0.484 e. The quantitative estimate of drug-likeness (QED) is 0.606. The lowest BCUT2D eigenvalue weighted by Crippen LogP contribution is -2.20. The maximum Gasteiger partial charge on any atom is 0.262 e. The van der Waals surface area contributed by atoms with Gasteiger partial charge in [0.2, 0.25) is 0 Å². The molecule has 3 heteroatoms. The summed E-state index contributed by atoms with van der Waals surface area (Å²) in [5, 5.41) is 2.89. The molecular formula is C25H27NO2. The van der Waals surface area contributed by atoms with Crippen LogP contribution in [-0.2, 0) is 10.2 Å². The molecule has 0 aromatic heterocycles. The molecule has 0 aliphatic rings. The molecule has 144 valence electrons. The van der Waals surface area contributed by atoms with Crippen molar-refractivity contribution in [1.82, 2.24) is 0 Å². The van der Waals surface area contributed by atoms with Crippen molar-refractivity contribution in [2.75, 3.05) is 11.9 Å². The normalized spacial score (nSPS) is 11.1. The summed E-state index contributed by atoms with van der Waals surface area (Å²) in [4.78, 5) is 12.2. The van der Waals surface area contributed by atoms with Gasteiger partial charge in [-0.05, 0) is 60.4 Å². The third-order valence-corrected chi connectivity index (χ3v) is 4.95. The summed E-state index contributed by atoms with van der Waals surface area (Å²) < 4.78 is 5.66. The molecule has 3 aromatic rings. The summed E-state index contributed by atoms with van der Waals surface area (Å²) in [6, 6.07) is 24.4. The van der Waals surface area contributed by atoms with Crippen molar-refractivity contribution in [3.63, 3.8) is 0 Å². The molecule has 3 rings (SSSR count). The predicted octanol–water partition coefficient (Wildman–Crippen LogP) is 5.65. The lowest BCUT2D eigenvalue weighted by atomic mass is 9.78. The minimum Gasteiger partial charge on any atom is -0.484 e. The van der Waals surface area contributed by atoms with Crippen LogP contribution in [0.5, 0.6) is 5.75 Å². The number of ether oxygens (including phenoxy) is 1. The fourth-order valence-electron chi connectivity index (χ4n) is 3.38. The van der Waals surface area contributed by atoms with Gasteiger partial charge in [0.1, 0.15) is 5.75 Å². The average Bonchev–Trinajstić information content (AvgIpc) is 2.66. The smallest absolute Gasteiger partial charge is 0.262 e. The van der Waals surface area contributed by atoms with Crippen LogP contribution in [0.4, 0.5) is 5.69 Å². The highest BCUT2D eigenvalue weighted by atomic mass is 16.5. The summed E-state index contributed by atoms with van der Waals surface area (Å²) in [6.45, 7) is 8.41.